The van der Waals surface area contributed by atoms with Crippen LogP contribution in [0, 0.1) is 17.8 Å². The fraction of sp³-hybridized carbons (Fsp3) is 0.632. The lowest BCUT2D eigenvalue weighted by atomic mass is 9.83. The van der Waals surface area contributed by atoms with Gasteiger partial charge in [-0.2, -0.15) is 0 Å². The van der Waals surface area contributed by atoms with Crippen LogP contribution < -0.4 is 4.72 Å². The molecule has 24 heavy (non-hydrogen) atoms. The molecule has 2 aliphatic carbocycles. The summed E-state index contributed by atoms with van der Waals surface area (Å²) in [6.07, 6.45) is 14.2. The number of hydrogen-bond acceptors (Lipinski definition) is 3. The molecule has 2 aliphatic rings. The van der Waals surface area contributed by atoms with Crippen molar-refractivity contribution in [2.75, 3.05) is 0 Å². The maximum Gasteiger partial charge on any atom is 0.258 e. The van der Waals surface area contributed by atoms with Crippen LogP contribution in [0.15, 0.2) is 41.6 Å². The Balaban J connectivity index is 1.67. The van der Waals surface area contributed by atoms with E-state index < -0.39 is 10.0 Å². The van der Waals surface area contributed by atoms with Crippen LogP contribution in [0.4, 0.5) is 0 Å². The predicted molar refractivity (Wildman–Crippen MR) is 95.9 cm³/mol. The second kappa shape index (κ2) is 7.79. The van der Waals surface area contributed by atoms with Gasteiger partial charge in [0.05, 0.1) is 0 Å². The van der Waals surface area contributed by atoms with E-state index in [0.717, 1.165) is 19.3 Å². The van der Waals surface area contributed by atoms with Crippen molar-refractivity contribution in [1.82, 2.24) is 9.71 Å². The molecule has 4 atom stereocenters. The Morgan fingerprint density at radius 2 is 2.08 bits per heavy atom. The number of nitrogens with one attached hydrogen (secondary N) is 1. The van der Waals surface area contributed by atoms with Crippen LogP contribution in [-0.4, -0.2) is 19.4 Å². The molecule has 4 nitrogen and oxygen atoms in total. The van der Waals surface area contributed by atoms with Crippen LogP contribution in [0.1, 0.15) is 51.9 Å². The third kappa shape index (κ3) is 3.89. The molecular formula is C19H28N2O2S. The van der Waals surface area contributed by atoms with Gasteiger partial charge >= 0.3 is 0 Å². The molecule has 1 aromatic rings. The van der Waals surface area contributed by atoms with Gasteiger partial charge in [0, 0.05) is 12.2 Å². The highest BCUT2D eigenvalue weighted by atomic mass is 32.2. The van der Waals surface area contributed by atoms with E-state index in [-0.39, 0.29) is 11.1 Å². The first kappa shape index (κ1) is 17.6. The third-order valence-corrected chi connectivity index (χ3v) is 6.97. The Labute approximate surface area is 145 Å². The molecule has 0 amide bonds. The van der Waals surface area contributed by atoms with Crippen molar-refractivity contribution >= 4 is 10.0 Å². The normalized spacial score (nSPS) is 29.5. The average molecular weight is 349 g/mol. The molecule has 0 spiro atoms. The Morgan fingerprint density at radius 1 is 1.25 bits per heavy atom. The summed E-state index contributed by atoms with van der Waals surface area (Å²) in [7, 11) is -3.52. The van der Waals surface area contributed by atoms with Gasteiger partial charge in [0.15, 0.2) is 5.03 Å². The molecule has 0 saturated heterocycles. The standard InChI is InChI=1S/C19H28N2O2S/c1-2-3-4-5-6-9-17-15-11-12-16(14-15)19(17)21-24(22,23)18-10-7-8-13-20-18/h5-8,10,13,15-17,19,21H,2-4,9,11-12,14H2,1H3. The molecule has 1 N–H and O–H groups in total. The Hall–Kier alpha value is -1.20. The number of sulfonamides is 1. The minimum Gasteiger partial charge on any atom is -0.243 e. The minimum atomic E-state index is -3.52. The maximum absolute atomic E-state index is 12.6. The van der Waals surface area contributed by atoms with Gasteiger partial charge in [-0.25, -0.2) is 18.1 Å². The number of allylic oxidation sites excluding steroid dienone is 2. The van der Waals surface area contributed by atoms with Gasteiger partial charge in [-0.3, -0.25) is 0 Å². The van der Waals surface area contributed by atoms with Crippen LogP contribution in [0.3, 0.4) is 0 Å². The molecule has 2 fully saturated rings. The highest BCUT2D eigenvalue weighted by Gasteiger charge is 2.48. The van der Waals surface area contributed by atoms with E-state index in [2.05, 4.69) is 28.8 Å². The summed E-state index contributed by atoms with van der Waals surface area (Å²) >= 11 is 0. The quantitative estimate of drug-likeness (QED) is 0.572. The van der Waals surface area contributed by atoms with Crippen LogP contribution in [0.25, 0.3) is 0 Å². The second-order valence-electron chi connectivity index (χ2n) is 7.16. The zero-order valence-electron chi connectivity index (χ0n) is 14.4. The zero-order chi connectivity index (χ0) is 17.0. The van der Waals surface area contributed by atoms with Gasteiger partial charge in [-0.15, -0.1) is 0 Å². The van der Waals surface area contributed by atoms with Gasteiger partial charge in [0.1, 0.15) is 0 Å². The predicted octanol–water partition coefficient (Wildman–Crippen LogP) is 3.91. The average Bonchev–Trinajstić information content (AvgIpc) is 3.18. The molecular weight excluding hydrogens is 320 g/mol. The molecule has 0 aromatic carbocycles. The summed E-state index contributed by atoms with van der Waals surface area (Å²) in [4.78, 5) is 4.01. The van der Waals surface area contributed by atoms with Crippen molar-refractivity contribution in [1.29, 1.82) is 0 Å². The summed E-state index contributed by atoms with van der Waals surface area (Å²) < 4.78 is 28.2. The number of aromatic nitrogens is 1. The van der Waals surface area contributed by atoms with Gasteiger partial charge < -0.3 is 0 Å². The van der Waals surface area contributed by atoms with Crippen LogP contribution in [-0.2, 0) is 10.0 Å². The number of pyridine rings is 1. The lowest BCUT2D eigenvalue weighted by Gasteiger charge is -2.30. The topological polar surface area (TPSA) is 59.1 Å². The lowest BCUT2D eigenvalue weighted by molar-refractivity contribution is 0.274. The summed E-state index contributed by atoms with van der Waals surface area (Å²) in [5.41, 5.74) is 0. The fourth-order valence-electron chi connectivity index (χ4n) is 4.37. The van der Waals surface area contributed by atoms with Gasteiger partial charge in [-0.05, 0) is 62.0 Å². The van der Waals surface area contributed by atoms with Crippen molar-refractivity contribution in [2.24, 2.45) is 17.8 Å². The van der Waals surface area contributed by atoms with Crippen molar-refractivity contribution in [2.45, 2.75) is 62.9 Å². The van der Waals surface area contributed by atoms with Gasteiger partial charge in [0.2, 0.25) is 0 Å². The first-order valence-electron chi connectivity index (χ1n) is 9.20. The second-order valence-corrected chi connectivity index (χ2v) is 8.82. The van der Waals surface area contributed by atoms with Crippen molar-refractivity contribution in [3.63, 3.8) is 0 Å². The summed E-state index contributed by atoms with van der Waals surface area (Å²) in [5.74, 6) is 1.59. The maximum atomic E-state index is 12.6. The highest BCUT2D eigenvalue weighted by Crippen LogP contribution is 2.50. The largest absolute Gasteiger partial charge is 0.258 e. The summed E-state index contributed by atoms with van der Waals surface area (Å²) in [6, 6.07) is 5.08. The molecule has 4 unspecified atom stereocenters. The minimum absolute atomic E-state index is 0.0616. The number of rotatable bonds is 8. The molecule has 132 valence electrons. The summed E-state index contributed by atoms with van der Waals surface area (Å²) in [6.45, 7) is 2.20. The number of nitrogens with zero attached hydrogens (tertiary/aromatic N) is 1. The van der Waals surface area contributed by atoms with Crippen LogP contribution in [0.5, 0.6) is 0 Å². The molecule has 1 heterocycles. The third-order valence-electron chi connectivity index (χ3n) is 5.59. The fourth-order valence-corrected chi connectivity index (χ4v) is 5.68. The van der Waals surface area contributed by atoms with E-state index in [1.807, 2.05) is 0 Å². The van der Waals surface area contributed by atoms with Gasteiger partial charge in [-0.1, -0.05) is 38.0 Å². The lowest BCUT2D eigenvalue weighted by Crippen LogP contribution is -2.44. The molecule has 1 aromatic heterocycles. The Kier molecular flexibility index (Phi) is 5.72. The van der Waals surface area contributed by atoms with Crippen molar-refractivity contribution in [3.8, 4) is 0 Å². The molecule has 2 bridgehead atoms. The van der Waals surface area contributed by atoms with E-state index in [0.29, 0.717) is 17.8 Å². The van der Waals surface area contributed by atoms with E-state index in [9.17, 15) is 8.42 Å². The van der Waals surface area contributed by atoms with Crippen molar-refractivity contribution in [3.05, 3.63) is 36.5 Å². The highest BCUT2D eigenvalue weighted by molar-refractivity contribution is 7.89. The monoisotopic (exact) mass is 348 g/mol. The van der Waals surface area contributed by atoms with Crippen LogP contribution >= 0.6 is 0 Å². The van der Waals surface area contributed by atoms with Gasteiger partial charge in [0.25, 0.3) is 10.0 Å². The zero-order valence-corrected chi connectivity index (χ0v) is 15.2. The Morgan fingerprint density at radius 3 is 2.83 bits per heavy atom. The first-order chi connectivity index (χ1) is 11.6. The van der Waals surface area contributed by atoms with Crippen LogP contribution in [0.2, 0.25) is 0 Å². The van der Waals surface area contributed by atoms with E-state index in [1.54, 1.807) is 18.2 Å². The number of hydrogen-bond donors (Lipinski definition) is 1. The molecule has 5 heteroatoms. The first-order valence-corrected chi connectivity index (χ1v) is 10.7. The smallest absolute Gasteiger partial charge is 0.243 e. The molecule has 0 aliphatic heterocycles. The van der Waals surface area contributed by atoms with E-state index in [4.69, 9.17) is 0 Å². The number of unbranched alkanes of at least 4 members (excludes halogenated alkanes) is 2. The SMILES string of the molecule is CCCCC=CCC1C2CCC(C2)C1NS(=O)(=O)c1ccccn1. The number of fused-ring (bicyclic) bond motifs is 2. The molecule has 0 radical (unpaired) electrons. The van der Waals surface area contributed by atoms with E-state index >= 15 is 0 Å². The molecule has 3 rings (SSSR count). The van der Waals surface area contributed by atoms with E-state index in [1.165, 1.54) is 31.9 Å². The van der Waals surface area contributed by atoms with Crippen molar-refractivity contribution < 1.29 is 8.42 Å². The summed E-state index contributed by atoms with van der Waals surface area (Å²) in [5, 5.41) is 0.130. The Bertz CT molecular complexity index is 657. The molecule has 2 saturated carbocycles.